The minimum Gasteiger partial charge on any atom is -0.279 e. The van der Waals surface area contributed by atoms with Crippen LogP contribution in [0.2, 0.25) is 0 Å². The number of benzene rings is 2. The third-order valence-corrected chi connectivity index (χ3v) is 5.05. The van der Waals surface area contributed by atoms with Crippen molar-refractivity contribution in [1.82, 2.24) is 0 Å². The number of sulfonamides is 1. The van der Waals surface area contributed by atoms with Crippen LogP contribution in [0.4, 0.5) is 14.5 Å². The molecule has 3 nitrogen and oxygen atoms in total. The first-order chi connectivity index (χ1) is 9.69. The summed E-state index contributed by atoms with van der Waals surface area (Å²) in [7, 11) is -4.16. The zero-order valence-corrected chi connectivity index (χ0v) is 13.6. The van der Waals surface area contributed by atoms with Crippen molar-refractivity contribution in [3.8, 4) is 0 Å². The fraction of sp³-hybridized carbons (Fsp3) is 0.143. The first kappa shape index (κ1) is 15.9. The molecule has 2 rings (SSSR count). The topological polar surface area (TPSA) is 46.2 Å². The third-order valence-electron chi connectivity index (χ3n) is 2.71. The predicted octanol–water partition coefficient (Wildman–Crippen LogP) is 4.14. The van der Waals surface area contributed by atoms with Gasteiger partial charge in [-0.1, -0.05) is 6.07 Å². The monoisotopic (exact) mass is 375 g/mol. The van der Waals surface area contributed by atoms with Crippen LogP contribution in [0.3, 0.4) is 0 Å². The van der Waals surface area contributed by atoms with E-state index in [1.807, 2.05) is 19.9 Å². The van der Waals surface area contributed by atoms with Crippen molar-refractivity contribution in [2.75, 3.05) is 4.72 Å². The third kappa shape index (κ3) is 3.59. The van der Waals surface area contributed by atoms with Gasteiger partial charge in [-0.2, -0.15) is 0 Å². The lowest BCUT2D eigenvalue weighted by molar-refractivity contribution is 0.548. The largest absolute Gasteiger partial charge is 0.279 e. The molecule has 0 atom stereocenters. The average Bonchev–Trinajstić information content (AvgIpc) is 2.23. The van der Waals surface area contributed by atoms with Gasteiger partial charge in [-0.15, -0.1) is 0 Å². The molecule has 0 spiro atoms. The first-order valence-corrected chi connectivity index (χ1v) is 8.22. The summed E-state index contributed by atoms with van der Waals surface area (Å²) in [5.41, 5.74) is 2.06. The van der Waals surface area contributed by atoms with Gasteiger partial charge in [-0.25, -0.2) is 17.2 Å². The second kappa shape index (κ2) is 5.73. The molecule has 0 bridgehead atoms. The molecule has 0 aliphatic rings. The van der Waals surface area contributed by atoms with Crippen molar-refractivity contribution < 1.29 is 17.2 Å². The van der Waals surface area contributed by atoms with E-state index in [1.54, 1.807) is 12.1 Å². The average molecular weight is 376 g/mol. The highest BCUT2D eigenvalue weighted by Crippen LogP contribution is 2.28. The number of anilines is 1. The molecule has 0 saturated carbocycles. The maximum Gasteiger partial charge on any atom is 0.265 e. The highest BCUT2D eigenvalue weighted by molar-refractivity contribution is 9.10. The Labute approximate surface area is 130 Å². The van der Waals surface area contributed by atoms with Crippen LogP contribution in [0.5, 0.6) is 0 Å². The molecule has 2 aromatic rings. The Bertz CT molecular complexity index is 763. The Kier molecular flexibility index (Phi) is 4.34. The molecular weight excluding hydrogens is 364 g/mol. The van der Waals surface area contributed by atoms with Gasteiger partial charge in [-0.3, -0.25) is 4.72 Å². The van der Waals surface area contributed by atoms with Gasteiger partial charge < -0.3 is 0 Å². The molecule has 7 heteroatoms. The van der Waals surface area contributed by atoms with E-state index in [2.05, 4.69) is 20.7 Å². The van der Waals surface area contributed by atoms with Gasteiger partial charge >= 0.3 is 0 Å². The molecule has 21 heavy (non-hydrogen) atoms. The summed E-state index contributed by atoms with van der Waals surface area (Å²) in [6, 6.07) is 6.56. The minimum atomic E-state index is -4.16. The summed E-state index contributed by atoms with van der Waals surface area (Å²) in [4.78, 5) is -0.622. The van der Waals surface area contributed by atoms with Gasteiger partial charge in [0.1, 0.15) is 16.5 Å². The highest BCUT2D eigenvalue weighted by atomic mass is 79.9. The number of rotatable bonds is 3. The summed E-state index contributed by atoms with van der Waals surface area (Å²) >= 11 is 2.88. The smallest absolute Gasteiger partial charge is 0.265 e. The van der Waals surface area contributed by atoms with Gasteiger partial charge in [-0.05, 0) is 59.1 Å². The molecule has 2 aromatic carbocycles. The Morgan fingerprint density at radius 1 is 1.00 bits per heavy atom. The van der Waals surface area contributed by atoms with E-state index in [9.17, 15) is 17.2 Å². The molecule has 1 N–H and O–H groups in total. The van der Waals surface area contributed by atoms with Gasteiger partial charge in [0, 0.05) is 16.2 Å². The van der Waals surface area contributed by atoms with E-state index in [0.29, 0.717) is 11.8 Å². The summed E-state index contributed by atoms with van der Waals surface area (Å²) < 4.78 is 53.5. The number of nitrogens with one attached hydrogen (secondary N) is 1. The Hall–Kier alpha value is -1.47. The van der Waals surface area contributed by atoms with Crippen molar-refractivity contribution in [2.45, 2.75) is 18.7 Å². The van der Waals surface area contributed by atoms with Crippen molar-refractivity contribution in [2.24, 2.45) is 0 Å². The second-order valence-corrected chi connectivity index (χ2v) is 7.15. The van der Waals surface area contributed by atoms with Crippen LogP contribution in [-0.2, 0) is 10.0 Å². The number of halogens is 3. The Balaban J connectivity index is 2.48. The van der Waals surface area contributed by atoms with E-state index in [-0.39, 0.29) is 4.47 Å². The van der Waals surface area contributed by atoms with Crippen LogP contribution < -0.4 is 4.72 Å². The molecule has 0 amide bonds. The van der Waals surface area contributed by atoms with E-state index in [4.69, 9.17) is 0 Å². The molecule has 0 fully saturated rings. The van der Waals surface area contributed by atoms with Gasteiger partial charge in [0.15, 0.2) is 0 Å². The quantitative estimate of drug-likeness (QED) is 0.875. The predicted molar refractivity (Wildman–Crippen MR) is 80.8 cm³/mol. The van der Waals surface area contributed by atoms with Crippen LogP contribution in [0.25, 0.3) is 0 Å². The van der Waals surface area contributed by atoms with E-state index in [1.165, 1.54) is 0 Å². The summed E-state index contributed by atoms with van der Waals surface area (Å²) in [5, 5.41) is 0. The zero-order chi connectivity index (χ0) is 15.8. The lowest BCUT2D eigenvalue weighted by atomic mass is 10.1. The van der Waals surface area contributed by atoms with Gasteiger partial charge in [0.25, 0.3) is 10.0 Å². The zero-order valence-electron chi connectivity index (χ0n) is 11.2. The molecule has 0 aliphatic heterocycles. The fourth-order valence-electron chi connectivity index (χ4n) is 2.03. The summed E-state index contributed by atoms with van der Waals surface area (Å²) in [5.74, 6) is -2.01. The first-order valence-electron chi connectivity index (χ1n) is 5.95. The lowest BCUT2D eigenvalue weighted by Crippen LogP contribution is -2.15. The van der Waals surface area contributed by atoms with Crippen LogP contribution in [-0.4, -0.2) is 8.42 Å². The van der Waals surface area contributed by atoms with E-state index < -0.39 is 26.6 Å². The van der Waals surface area contributed by atoms with Crippen LogP contribution in [0.15, 0.2) is 39.7 Å². The summed E-state index contributed by atoms with van der Waals surface area (Å²) in [6.07, 6.45) is 0. The lowest BCUT2D eigenvalue weighted by Gasteiger charge is -2.12. The van der Waals surface area contributed by atoms with Crippen LogP contribution in [0.1, 0.15) is 11.1 Å². The van der Waals surface area contributed by atoms with Crippen LogP contribution in [0, 0.1) is 25.5 Å². The Morgan fingerprint density at radius 2 is 1.57 bits per heavy atom. The maximum atomic E-state index is 13.8. The van der Waals surface area contributed by atoms with Crippen molar-refractivity contribution in [1.29, 1.82) is 0 Å². The fourth-order valence-corrected chi connectivity index (χ4v) is 4.23. The molecule has 0 aliphatic carbocycles. The van der Waals surface area contributed by atoms with Gasteiger partial charge in [0.2, 0.25) is 0 Å². The normalized spacial score (nSPS) is 11.5. The number of hydrogen-bond acceptors (Lipinski definition) is 2. The van der Waals surface area contributed by atoms with Crippen LogP contribution >= 0.6 is 15.9 Å². The molecule has 0 radical (unpaired) electrons. The van der Waals surface area contributed by atoms with E-state index >= 15 is 0 Å². The number of aryl methyl sites for hydroxylation is 2. The maximum absolute atomic E-state index is 13.8. The van der Waals surface area contributed by atoms with Crippen molar-refractivity contribution >= 4 is 31.6 Å². The van der Waals surface area contributed by atoms with Crippen molar-refractivity contribution in [3.63, 3.8) is 0 Å². The molecule has 0 aromatic heterocycles. The molecule has 112 valence electrons. The van der Waals surface area contributed by atoms with Crippen molar-refractivity contribution in [3.05, 3.63) is 57.6 Å². The van der Waals surface area contributed by atoms with Gasteiger partial charge in [0.05, 0.1) is 0 Å². The Morgan fingerprint density at radius 3 is 2.10 bits per heavy atom. The molecular formula is C14H12BrF2NO2S. The molecule has 0 heterocycles. The molecule has 0 unspecified atom stereocenters. The SMILES string of the molecule is Cc1cc(C)cc(NS(=O)(=O)c2c(F)cc(F)cc2Br)c1. The second-order valence-electron chi connectivity index (χ2n) is 4.68. The summed E-state index contributed by atoms with van der Waals surface area (Å²) in [6.45, 7) is 3.64. The van der Waals surface area contributed by atoms with E-state index in [0.717, 1.165) is 17.2 Å². The standard InChI is InChI=1S/C14H12BrF2NO2S/c1-8-3-9(2)5-11(4-8)18-21(19,20)14-12(15)6-10(16)7-13(14)17/h3-7,18H,1-2H3. The highest BCUT2D eigenvalue weighted by Gasteiger charge is 2.24. The number of hydrogen-bond donors (Lipinski definition) is 1. The minimum absolute atomic E-state index is 0.170. The molecule has 0 saturated heterocycles.